The van der Waals surface area contributed by atoms with Gasteiger partial charge in [-0.1, -0.05) is 13.3 Å². The molecule has 1 saturated heterocycles. The van der Waals surface area contributed by atoms with E-state index < -0.39 is 0 Å². The zero-order chi connectivity index (χ0) is 13.4. The summed E-state index contributed by atoms with van der Waals surface area (Å²) in [7, 11) is 0. The highest BCUT2D eigenvalue weighted by molar-refractivity contribution is 5.81. The molecule has 0 aromatic rings. The number of carbonyl (C=O) groups is 1. The van der Waals surface area contributed by atoms with E-state index >= 15 is 0 Å². The van der Waals surface area contributed by atoms with Crippen LogP contribution in [-0.2, 0) is 14.3 Å². The molecule has 3 unspecified atom stereocenters. The molecule has 1 heterocycles. The lowest BCUT2D eigenvalue weighted by molar-refractivity contribution is -0.124. The fourth-order valence-corrected chi connectivity index (χ4v) is 1.93. The van der Waals surface area contributed by atoms with Gasteiger partial charge in [0, 0.05) is 12.6 Å². The van der Waals surface area contributed by atoms with Crippen molar-refractivity contribution in [2.24, 2.45) is 0 Å². The Morgan fingerprint density at radius 2 is 2.17 bits per heavy atom. The minimum absolute atomic E-state index is 0.0488. The van der Waals surface area contributed by atoms with Gasteiger partial charge in [0.2, 0.25) is 5.91 Å². The lowest BCUT2D eigenvalue weighted by Crippen LogP contribution is -2.48. The van der Waals surface area contributed by atoms with Crippen LogP contribution in [-0.4, -0.2) is 50.5 Å². The molecule has 106 valence electrons. The molecule has 1 aliphatic rings. The predicted molar refractivity (Wildman–Crippen MR) is 70.5 cm³/mol. The molecule has 2 N–H and O–H groups in total. The van der Waals surface area contributed by atoms with Crippen molar-refractivity contribution in [2.45, 2.75) is 51.8 Å². The summed E-state index contributed by atoms with van der Waals surface area (Å²) < 4.78 is 10.8. The van der Waals surface area contributed by atoms with E-state index in [1.165, 1.54) is 0 Å². The van der Waals surface area contributed by atoms with Gasteiger partial charge in [0.05, 0.1) is 32.0 Å². The molecular weight excluding hydrogens is 232 g/mol. The molecule has 0 aliphatic carbocycles. The number of nitrogens with one attached hydrogen (secondary N) is 2. The van der Waals surface area contributed by atoms with Gasteiger partial charge < -0.3 is 20.1 Å². The number of hydrogen-bond acceptors (Lipinski definition) is 4. The van der Waals surface area contributed by atoms with Crippen molar-refractivity contribution >= 4 is 5.91 Å². The Hall–Kier alpha value is -0.650. The van der Waals surface area contributed by atoms with Crippen molar-refractivity contribution in [3.05, 3.63) is 0 Å². The van der Waals surface area contributed by atoms with Gasteiger partial charge in [-0.15, -0.1) is 0 Å². The summed E-state index contributed by atoms with van der Waals surface area (Å²) in [6, 6.07) is 0.0378. The molecule has 1 amide bonds. The number of carbonyl (C=O) groups excluding carboxylic acids is 1. The van der Waals surface area contributed by atoms with Crippen LogP contribution in [0.15, 0.2) is 0 Å². The minimum atomic E-state index is -0.199. The monoisotopic (exact) mass is 258 g/mol. The number of rotatable bonds is 7. The van der Waals surface area contributed by atoms with Gasteiger partial charge in [0.1, 0.15) is 0 Å². The normalized spacial score (nSPS) is 23.4. The van der Waals surface area contributed by atoms with Crippen molar-refractivity contribution in [1.29, 1.82) is 0 Å². The number of ether oxygens (including phenoxy) is 2. The Bertz CT molecular complexity index is 242. The Morgan fingerprint density at radius 3 is 2.78 bits per heavy atom. The summed E-state index contributed by atoms with van der Waals surface area (Å²) in [5.41, 5.74) is 0. The molecule has 1 rings (SSSR count). The number of hydrogen-bond donors (Lipinski definition) is 2. The van der Waals surface area contributed by atoms with E-state index in [0.717, 1.165) is 12.8 Å². The highest BCUT2D eigenvalue weighted by atomic mass is 16.6. The molecule has 18 heavy (non-hydrogen) atoms. The van der Waals surface area contributed by atoms with Crippen LogP contribution in [0.3, 0.4) is 0 Å². The second kappa shape index (κ2) is 8.45. The summed E-state index contributed by atoms with van der Waals surface area (Å²) in [6.07, 6.45) is 2.15. The van der Waals surface area contributed by atoms with Crippen molar-refractivity contribution in [3.8, 4) is 0 Å². The summed E-state index contributed by atoms with van der Waals surface area (Å²) in [4.78, 5) is 11.9. The molecule has 5 nitrogen and oxygen atoms in total. The summed E-state index contributed by atoms with van der Waals surface area (Å²) in [5.74, 6) is 0.0488. The van der Waals surface area contributed by atoms with Crippen LogP contribution in [0.25, 0.3) is 0 Å². The maximum absolute atomic E-state index is 11.9. The van der Waals surface area contributed by atoms with Gasteiger partial charge in [-0.05, 0) is 20.3 Å². The van der Waals surface area contributed by atoms with E-state index in [9.17, 15) is 4.79 Å². The van der Waals surface area contributed by atoms with Gasteiger partial charge >= 0.3 is 0 Å². The van der Waals surface area contributed by atoms with Crippen molar-refractivity contribution in [2.75, 3.05) is 26.4 Å². The first-order valence-corrected chi connectivity index (χ1v) is 6.86. The second-order valence-corrected chi connectivity index (χ2v) is 4.90. The van der Waals surface area contributed by atoms with Crippen LogP contribution in [0.2, 0.25) is 0 Å². The average molecular weight is 258 g/mol. The fourth-order valence-electron chi connectivity index (χ4n) is 1.93. The van der Waals surface area contributed by atoms with E-state index in [2.05, 4.69) is 17.6 Å². The van der Waals surface area contributed by atoms with Crippen LogP contribution in [0, 0.1) is 0 Å². The third-order valence-corrected chi connectivity index (χ3v) is 3.04. The van der Waals surface area contributed by atoms with Gasteiger partial charge in [-0.2, -0.15) is 0 Å². The first-order valence-electron chi connectivity index (χ1n) is 6.86. The van der Waals surface area contributed by atoms with E-state index in [0.29, 0.717) is 26.4 Å². The Balaban J connectivity index is 2.18. The van der Waals surface area contributed by atoms with E-state index in [1.54, 1.807) is 0 Å². The molecule has 1 fully saturated rings. The maximum atomic E-state index is 11.9. The maximum Gasteiger partial charge on any atom is 0.237 e. The molecule has 0 saturated carbocycles. The molecule has 0 aromatic heterocycles. The highest BCUT2D eigenvalue weighted by Crippen LogP contribution is 2.00. The minimum Gasteiger partial charge on any atom is -0.376 e. The summed E-state index contributed by atoms with van der Waals surface area (Å²) in [5, 5.41) is 6.18. The van der Waals surface area contributed by atoms with Crippen LogP contribution in [0.1, 0.15) is 33.6 Å². The van der Waals surface area contributed by atoms with Gasteiger partial charge in [-0.25, -0.2) is 0 Å². The van der Waals surface area contributed by atoms with E-state index in [4.69, 9.17) is 9.47 Å². The summed E-state index contributed by atoms with van der Waals surface area (Å²) in [6.45, 7) is 8.58. The molecular formula is C13H26N2O3. The predicted octanol–water partition coefficient (Wildman–Crippen LogP) is 0.685. The third-order valence-electron chi connectivity index (χ3n) is 3.04. The molecule has 5 heteroatoms. The first kappa shape index (κ1) is 15.4. The largest absolute Gasteiger partial charge is 0.376 e. The standard InChI is InChI=1S/C13H26N2O3/c1-4-5-10(2)15-13(16)11(3)14-8-12-9-17-6-7-18-12/h10-12,14H,4-9H2,1-3H3,(H,15,16). The van der Waals surface area contributed by atoms with Crippen molar-refractivity contribution < 1.29 is 14.3 Å². The zero-order valence-electron chi connectivity index (χ0n) is 11.7. The molecule has 3 atom stereocenters. The Kier molecular flexibility index (Phi) is 7.23. The third kappa shape index (κ3) is 5.80. The SMILES string of the molecule is CCCC(C)NC(=O)C(C)NCC1COCCO1. The molecule has 0 spiro atoms. The van der Waals surface area contributed by atoms with Crippen LogP contribution in [0.4, 0.5) is 0 Å². The topological polar surface area (TPSA) is 59.6 Å². The smallest absolute Gasteiger partial charge is 0.237 e. The molecule has 0 radical (unpaired) electrons. The zero-order valence-corrected chi connectivity index (χ0v) is 11.7. The van der Waals surface area contributed by atoms with E-state index in [-0.39, 0.29) is 24.1 Å². The van der Waals surface area contributed by atoms with Gasteiger partial charge in [0.25, 0.3) is 0 Å². The lowest BCUT2D eigenvalue weighted by Gasteiger charge is -2.25. The highest BCUT2D eigenvalue weighted by Gasteiger charge is 2.18. The first-order chi connectivity index (χ1) is 8.63. The molecule has 0 bridgehead atoms. The van der Waals surface area contributed by atoms with Gasteiger partial charge in [0.15, 0.2) is 0 Å². The Labute approximate surface area is 110 Å². The van der Waals surface area contributed by atoms with Gasteiger partial charge in [-0.3, -0.25) is 4.79 Å². The van der Waals surface area contributed by atoms with Crippen molar-refractivity contribution in [3.63, 3.8) is 0 Å². The van der Waals surface area contributed by atoms with Crippen LogP contribution >= 0.6 is 0 Å². The lowest BCUT2D eigenvalue weighted by atomic mass is 10.2. The van der Waals surface area contributed by atoms with E-state index in [1.807, 2.05) is 13.8 Å². The quantitative estimate of drug-likeness (QED) is 0.705. The van der Waals surface area contributed by atoms with Crippen LogP contribution in [0.5, 0.6) is 0 Å². The molecule has 0 aromatic carbocycles. The molecule has 1 aliphatic heterocycles. The fraction of sp³-hybridized carbons (Fsp3) is 0.923. The average Bonchev–Trinajstić information content (AvgIpc) is 2.37. The Morgan fingerprint density at radius 1 is 1.39 bits per heavy atom. The second-order valence-electron chi connectivity index (χ2n) is 4.90. The van der Waals surface area contributed by atoms with Crippen molar-refractivity contribution in [1.82, 2.24) is 10.6 Å². The number of amides is 1. The summed E-state index contributed by atoms with van der Waals surface area (Å²) >= 11 is 0. The van der Waals surface area contributed by atoms with Crippen LogP contribution < -0.4 is 10.6 Å².